The Kier molecular flexibility index (Phi) is 2.91. The molecule has 0 amide bonds. The lowest BCUT2D eigenvalue weighted by Crippen LogP contribution is -2.28. The van der Waals surface area contributed by atoms with Crippen molar-refractivity contribution in [2.45, 2.75) is 37.8 Å². The highest BCUT2D eigenvalue weighted by molar-refractivity contribution is 5.99. The molecule has 3 heterocycles. The number of ether oxygens (including phenoxy) is 2. The summed E-state index contributed by atoms with van der Waals surface area (Å²) in [5.74, 6) is 1.86. The molecule has 106 valence electrons. The molecule has 2 bridgehead atoms. The highest BCUT2D eigenvalue weighted by Crippen LogP contribution is 2.37. The molecule has 20 heavy (non-hydrogen) atoms. The second-order valence-electron chi connectivity index (χ2n) is 5.97. The molecule has 3 aliphatic rings. The molecule has 0 aliphatic carbocycles. The van der Waals surface area contributed by atoms with Crippen molar-refractivity contribution in [1.82, 2.24) is 5.32 Å². The highest BCUT2D eigenvalue weighted by Gasteiger charge is 2.42. The number of rotatable bonds is 2. The van der Waals surface area contributed by atoms with Gasteiger partial charge in [-0.2, -0.15) is 0 Å². The van der Waals surface area contributed by atoms with E-state index < -0.39 is 0 Å². The summed E-state index contributed by atoms with van der Waals surface area (Å²) in [6, 6.07) is 6.53. The van der Waals surface area contributed by atoms with E-state index in [1.54, 1.807) is 0 Å². The summed E-state index contributed by atoms with van der Waals surface area (Å²) >= 11 is 0. The number of carbonyl (C=O) groups excluding carboxylic acids is 1. The summed E-state index contributed by atoms with van der Waals surface area (Å²) in [5.41, 5.74) is 0.758. The molecule has 0 saturated carbocycles. The molecule has 4 rings (SSSR count). The minimum atomic E-state index is 0.137. The van der Waals surface area contributed by atoms with Crippen LogP contribution >= 0.6 is 0 Å². The van der Waals surface area contributed by atoms with Crippen LogP contribution in [-0.2, 0) is 0 Å². The van der Waals surface area contributed by atoms with E-state index in [2.05, 4.69) is 5.32 Å². The average molecular weight is 273 g/mol. The van der Waals surface area contributed by atoms with Crippen LogP contribution in [0.5, 0.6) is 11.5 Å². The van der Waals surface area contributed by atoms with Crippen LogP contribution in [0.1, 0.15) is 36.0 Å². The summed E-state index contributed by atoms with van der Waals surface area (Å²) in [4.78, 5) is 12.7. The van der Waals surface area contributed by atoms with E-state index >= 15 is 0 Å². The van der Waals surface area contributed by atoms with Gasteiger partial charge in [0.15, 0.2) is 17.3 Å². The third kappa shape index (κ3) is 1.99. The first-order valence-electron chi connectivity index (χ1n) is 7.51. The molecular formula is C16H19NO3. The lowest BCUT2D eigenvalue weighted by molar-refractivity contribution is 0.0900. The zero-order chi connectivity index (χ0) is 13.5. The van der Waals surface area contributed by atoms with Gasteiger partial charge < -0.3 is 14.8 Å². The lowest BCUT2D eigenvalue weighted by atomic mass is 9.83. The van der Waals surface area contributed by atoms with Gasteiger partial charge in [-0.05, 0) is 37.5 Å². The Balaban J connectivity index is 1.59. The van der Waals surface area contributed by atoms with Gasteiger partial charge >= 0.3 is 0 Å². The molecule has 1 aromatic rings. The zero-order valence-electron chi connectivity index (χ0n) is 11.4. The first kappa shape index (κ1) is 12.2. The molecule has 3 unspecified atom stereocenters. The Labute approximate surface area is 118 Å². The van der Waals surface area contributed by atoms with Crippen molar-refractivity contribution in [3.8, 4) is 11.5 Å². The van der Waals surface area contributed by atoms with E-state index in [9.17, 15) is 4.79 Å². The van der Waals surface area contributed by atoms with Crippen LogP contribution in [-0.4, -0.2) is 31.1 Å². The average Bonchev–Trinajstić information content (AvgIpc) is 3.02. The smallest absolute Gasteiger partial charge is 0.167 e. The second kappa shape index (κ2) is 4.77. The Hall–Kier alpha value is -1.55. The molecule has 4 heteroatoms. The van der Waals surface area contributed by atoms with Gasteiger partial charge in [0.05, 0.1) is 13.2 Å². The molecule has 3 aliphatic heterocycles. The summed E-state index contributed by atoms with van der Waals surface area (Å²) in [7, 11) is 0. The van der Waals surface area contributed by atoms with E-state index in [-0.39, 0.29) is 11.7 Å². The number of Topliss-reactive ketones (excluding diaryl/α,β-unsaturated/α-hetero) is 1. The molecule has 0 aromatic heterocycles. The van der Waals surface area contributed by atoms with Gasteiger partial charge in [0.2, 0.25) is 0 Å². The van der Waals surface area contributed by atoms with Gasteiger partial charge in [-0.25, -0.2) is 0 Å². The van der Waals surface area contributed by atoms with E-state index in [4.69, 9.17) is 9.47 Å². The van der Waals surface area contributed by atoms with Gasteiger partial charge in [-0.3, -0.25) is 4.79 Å². The predicted molar refractivity (Wildman–Crippen MR) is 74.4 cm³/mol. The number of hydrogen-bond donors (Lipinski definition) is 1. The van der Waals surface area contributed by atoms with E-state index in [0.717, 1.165) is 30.6 Å². The number of benzene rings is 1. The van der Waals surface area contributed by atoms with Crippen LogP contribution < -0.4 is 14.8 Å². The predicted octanol–water partition coefficient (Wildman–Crippen LogP) is 2.17. The molecule has 1 aromatic carbocycles. The first-order chi connectivity index (χ1) is 9.81. The SMILES string of the molecule is O=C(c1ccc2c(c1)OCCCO2)C1CC2CCC1N2. The maximum absolute atomic E-state index is 12.7. The Morgan fingerprint density at radius 1 is 1.15 bits per heavy atom. The van der Waals surface area contributed by atoms with E-state index in [0.29, 0.717) is 31.0 Å². The van der Waals surface area contributed by atoms with Crippen LogP contribution in [0.2, 0.25) is 0 Å². The van der Waals surface area contributed by atoms with Crippen molar-refractivity contribution >= 4 is 5.78 Å². The topological polar surface area (TPSA) is 47.6 Å². The number of fused-ring (bicyclic) bond motifs is 3. The highest BCUT2D eigenvalue weighted by atomic mass is 16.5. The van der Waals surface area contributed by atoms with Crippen molar-refractivity contribution in [3.63, 3.8) is 0 Å². The number of ketones is 1. The lowest BCUT2D eigenvalue weighted by Gasteiger charge is -2.19. The fraction of sp³-hybridized carbons (Fsp3) is 0.562. The molecule has 1 N–H and O–H groups in total. The molecule has 4 nitrogen and oxygen atoms in total. The fourth-order valence-electron chi connectivity index (χ4n) is 3.64. The number of hydrogen-bond acceptors (Lipinski definition) is 4. The van der Waals surface area contributed by atoms with Crippen LogP contribution in [0.25, 0.3) is 0 Å². The van der Waals surface area contributed by atoms with Crippen molar-refractivity contribution in [3.05, 3.63) is 23.8 Å². The van der Waals surface area contributed by atoms with Crippen molar-refractivity contribution in [2.24, 2.45) is 5.92 Å². The maximum atomic E-state index is 12.7. The molecule has 3 atom stereocenters. The standard InChI is InChI=1S/C16H19NO3/c18-16(12-9-11-3-4-13(12)17-11)10-2-5-14-15(8-10)20-7-1-6-19-14/h2,5,8,11-13,17H,1,3-4,6-7,9H2. The van der Waals surface area contributed by atoms with Crippen LogP contribution in [0, 0.1) is 5.92 Å². The largest absolute Gasteiger partial charge is 0.490 e. The first-order valence-corrected chi connectivity index (χ1v) is 7.51. The normalized spacial score (nSPS) is 31.1. The third-order valence-corrected chi connectivity index (χ3v) is 4.67. The quantitative estimate of drug-likeness (QED) is 0.839. The third-order valence-electron chi connectivity index (χ3n) is 4.67. The zero-order valence-corrected chi connectivity index (χ0v) is 11.4. The van der Waals surface area contributed by atoms with Crippen molar-refractivity contribution in [1.29, 1.82) is 0 Å². The molecule has 2 fully saturated rings. The Bertz CT molecular complexity index is 543. The molecule has 2 saturated heterocycles. The number of carbonyl (C=O) groups is 1. The van der Waals surface area contributed by atoms with Gasteiger partial charge in [-0.1, -0.05) is 0 Å². The van der Waals surface area contributed by atoms with Gasteiger partial charge in [0, 0.05) is 30.0 Å². The Morgan fingerprint density at radius 2 is 2.00 bits per heavy atom. The van der Waals surface area contributed by atoms with Crippen LogP contribution in [0.15, 0.2) is 18.2 Å². The van der Waals surface area contributed by atoms with E-state index in [1.165, 1.54) is 6.42 Å². The van der Waals surface area contributed by atoms with E-state index in [1.807, 2.05) is 18.2 Å². The summed E-state index contributed by atoms with van der Waals surface area (Å²) in [5, 5.41) is 3.52. The van der Waals surface area contributed by atoms with Gasteiger partial charge in [0.1, 0.15) is 0 Å². The minimum absolute atomic E-state index is 0.137. The fourth-order valence-corrected chi connectivity index (χ4v) is 3.64. The van der Waals surface area contributed by atoms with Gasteiger partial charge in [-0.15, -0.1) is 0 Å². The molecule has 0 spiro atoms. The molecule has 0 radical (unpaired) electrons. The van der Waals surface area contributed by atoms with Crippen molar-refractivity contribution < 1.29 is 14.3 Å². The van der Waals surface area contributed by atoms with Crippen LogP contribution in [0.3, 0.4) is 0 Å². The van der Waals surface area contributed by atoms with Crippen molar-refractivity contribution in [2.75, 3.05) is 13.2 Å². The summed E-state index contributed by atoms with van der Waals surface area (Å²) in [6.45, 7) is 1.33. The monoisotopic (exact) mass is 273 g/mol. The summed E-state index contributed by atoms with van der Waals surface area (Å²) < 4.78 is 11.3. The van der Waals surface area contributed by atoms with Gasteiger partial charge in [0.25, 0.3) is 0 Å². The maximum Gasteiger partial charge on any atom is 0.167 e. The molecular weight excluding hydrogens is 254 g/mol. The summed E-state index contributed by atoms with van der Waals surface area (Å²) in [6.07, 6.45) is 4.22. The second-order valence-corrected chi connectivity index (χ2v) is 5.97. The number of nitrogens with one attached hydrogen (secondary N) is 1. The van der Waals surface area contributed by atoms with Crippen LogP contribution in [0.4, 0.5) is 0 Å². The Morgan fingerprint density at radius 3 is 2.75 bits per heavy atom. The minimum Gasteiger partial charge on any atom is -0.490 e.